The van der Waals surface area contributed by atoms with E-state index < -0.39 is 0 Å². The van der Waals surface area contributed by atoms with E-state index in [0.717, 1.165) is 34.0 Å². The summed E-state index contributed by atoms with van der Waals surface area (Å²) in [5.74, 6) is 0. The van der Waals surface area contributed by atoms with Crippen molar-refractivity contribution in [1.29, 1.82) is 0 Å². The van der Waals surface area contributed by atoms with E-state index in [1.165, 1.54) is 0 Å². The number of hydrogen-bond acceptors (Lipinski definition) is 3. The van der Waals surface area contributed by atoms with Crippen LogP contribution in [-0.2, 0) is 0 Å². The molecule has 17 heavy (non-hydrogen) atoms. The van der Waals surface area contributed by atoms with Crippen molar-refractivity contribution in [2.24, 2.45) is 0 Å². The molecule has 0 unspecified atom stereocenters. The Labute approximate surface area is 109 Å². The SMILES string of the molecule is C=CCCNc1c(N)cnc2ccc(Br)cc12. The van der Waals surface area contributed by atoms with Crippen LogP contribution < -0.4 is 11.1 Å². The number of anilines is 2. The quantitative estimate of drug-likeness (QED) is 0.669. The molecular weight excluding hydrogens is 278 g/mol. The smallest absolute Gasteiger partial charge is 0.0743 e. The molecule has 2 rings (SSSR count). The first kappa shape index (κ1) is 11.9. The van der Waals surface area contributed by atoms with Crippen molar-refractivity contribution in [2.75, 3.05) is 17.6 Å². The number of rotatable bonds is 4. The van der Waals surface area contributed by atoms with Crippen molar-refractivity contribution in [2.45, 2.75) is 6.42 Å². The fraction of sp³-hybridized carbons (Fsp3) is 0.154. The summed E-state index contributed by atoms with van der Waals surface area (Å²) in [5, 5.41) is 4.36. The molecule has 3 nitrogen and oxygen atoms in total. The minimum atomic E-state index is 0.666. The topological polar surface area (TPSA) is 50.9 Å². The highest BCUT2D eigenvalue weighted by Crippen LogP contribution is 2.29. The summed E-state index contributed by atoms with van der Waals surface area (Å²) in [4.78, 5) is 4.30. The second-order valence-electron chi connectivity index (χ2n) is 3.75. The largest absolute Gasteiger partial charge is 0.396 e. The number of pyridine rings is 1. The van der Waals surface area contributed by atoms with Gasteiger partial charge in [-0.25, -0.2) is 0 Å². The van der Waals surface area contributed by atoms with E-state index in [-0.39, 0.29) is 0 Å². The van der Waals surface area contributed by atoms with E-state index in [0.29, 0.717) is 5.69 Å². The summed E-state index contributed by atoms with van der Waals surface area (Å²) >= 11 is 3.46. The minimum absolute atomic E-state index is 0.666. The van der Waals surface area contributed by atoms with E-state index in [2.05, 4.69) is 32.8 Å². The summed E-state index contributed by atoms with van der Waals surface area (Å²) in [6, 6.07) is 5.96. The van der Waals surface area contributed by atoms with Gasteiger partial charge in [-0.15, -0.1) is 6.58 Å². The normalized spacial score (nSPS) is 10.4. The molecule has 0 bridgehead atoms. The molecule has 0 fully saturated rings. The van der Waals surface area contributed by atoms with Gasteiger partial charge in [0.15, 0.2) is 0 Å². The van der Waals surface area contributed by atoms with Crippen molar-refractivity contribution in [1.82, 2.24) is 4.98 Å². The Bertz CT molecular complexity index is 546. The van der Waals surface area contributed by atoms with Crippen molar-refractivity contribution >= 4 is 38.2 Å². The predicted octanol–water partition coefficient (Wildman–Crippen LogP) is 3.57. The third-order valence-corrected chi connectivity index (χ3v) is 3.00. The molecule has 0 radical (unpaired) electrons. The zero-order chi connectivity index (χ0) is 12.3. The Morgan fingerprint density at radius 1 is 1.47 bits per heavy atom. The molecule has 0 aliphatic heterocycles. The number of nitrogen functional groups attached to an aromatic ring is 1. The lowest BCUT2D eigenvalue weighted by molar-refractivity contribution is 1.07. The molecule has 1 aromatic carbocycles. The molecule has 0 aliphatic carbocycles. The number of nitrogens with zero attached hydrogens (tertiary/aromatic N) is 1. The van der Waals surface area contributed by atoms with Gasteiger partial charge < -0.3 is 11.1 Å². The Hall–Kier alpha value is -1.55. The lowest BCUT2D eigenvalue weighted by atomic mass is 10.1. The average Bonchev–Trinajstić information content (AvgIpc) is 2.32. The first-order valence-corrected chi connectivity index (χ1v) is 6.20. The fourth-order valence-corrected chi connectivity index (χ4v) is 2.04. The van der Waals surface area contributed by atoms with E-state index in [1.54, 1.807) is 6.20 Å². The Morgan fingerprint density at radius 3 is 3.06 bits per heavy atom. The standard InChI is InChI=1S/C13H14BrN3/c1-2-3-6-16-13-10-7-9(14)4-5-12(10)17-8-11(13)15/h2,4-5,7-8H,1,3,6,15H2,(H,16,17). The van der Waals surface area contributed by atoms with Crippen LogP contribution in [0.1, 0.15) is 6.42 Å². The monoisotopic (exact) mass is 291 g/mol. The maximum atomic E-state index is 5.95. The lowest BCUT2D eigenvalue weighted by Crippen LogP contribution is -2.04. The summed E-state index contributed by atoms with van der Waals surface area (Å²) in [5.41, 5.74) is 8.50. The summed E-state index contributed by atoms with van der Waals surface area (Å²) in [6.45, 7) is 4.52. The zero-order valence-electron chi connectivity index (χ0n) is 9.41. The first-order valence-electron chi connectivity index (χ1n) is 5.41. The van der Waals surface area contributed by atoms with E-state index >= 15 is 0 Å². The van der Waals surface area contributed by atoms with E-state index in [9.17, 15) is 0 Å². The van der Waals surface area contributed by atoms with Gasteiger partial charge >= 0.3 is 0 Å². The van der Waals surface area contributed by atoms with Gasteiger partial charge in [-0.3, -0.25) is 4.98 Å². The van der Waals surface area contributed by atoms with Gasteiger partial charge in [-0.2, -0.15) is 0 Å². The summed E-state index contributed by atoms with van der Waals surface area (Å²) in [7, 11) is 0. The summed E-state index contributed by atoms with van der Waals surface area (Å²) in [6.07, 6.45) is 4.46. The molecular formula is C13H14BrN3. The Morgan fingerprint density at radius 2 is 2.29 bits per heavy atom. The molecule has 0 aliphatic rings. The third-order valence-electron chi connectivity index (χ3n) is 2.51. The molecule has 2 aromatic rings. The van der Waals surface area contributed by atoms with Crippen LogP contribution in [0.5, 0.6) is 0 Å². The van der Waals surface area contributed by atoms with Gasteiger partial charge in [0.1, 0.15) is 0 Å². The van der Waals surface area contributed by atoms with E-state index in [1.807, 2.05) is 24.3 Å². The maximum Gasteiger partial charge on any atom is 0.0743 e. The number of fused-ring (bicyclic) bond motifs is 1. The number of nitrogens with two attached hydrogens (primary N) is 1. The second-order valence-corrected chi connectivity index (χ2v) is 4.67. The van der Waals surface area contributed by atoms with Crippen LogP contribution >= 0.6 is 15.9 Å². The molecule has 4 heteroatoms. The summed E-state index contributed by atoms with van der Waals surface area (Å²) < 4.78 is 1.02. The average molecular weight is 292 g/mol. The molecule has 0 atom stereocenters. The van der Waals surface area contributed by atoms with Crippen LogP contribution in [0.3, 0.4) is 0 Å². The minimum Gasteiger partial charge on any atom is -0.396 e. The lowest BCUT2D eigenvalue weighted by Gasteiger charge is -2.11. The van der Waals surface area contributed by atoms with Crippen molar-refractivity contribution in [3.8, 4) is 0 Å². The highest BCUT2D eigenvalue weighted by molar-refractivity contribution is 9.10. The van der Waals surface area contributed by atoms with Crippen LogP contribution in [0.2, 0.25) is 0 Å². The van der Waals surface area contributed by atoms with Crippen molar-refractivity contribution in [3.05, 3.63) is 41.5 Å². The van der Waals surface area contributed by atoms with Gasteiger partial charge in [0.2, 0.25) is 0 Å². The highest BCUT2D eigenvalue weighted by Gasteiger charge is 2.06. The van der Waals surface area contributed by atoms with E-state index in [4.69, 9.17) is 5.73 Å². The predicted molar refractivity (Wildman–Crippen MR) is 77.2 cm³/mol. The molecule has 0 amide bonds. The number of hydrogen-bond donors (Lipinski definition) is 2. The molecule has 1 heterocycles. The van der Waals surface area contributed by atoms with Crippen LogP contribution in [0, 0.1) is 0 Å². The van der Waals surface area contributed by atoms with Gasteiger partial charge in [0.25, 0.3) is 0 Å². The first-order chi connectivity index (χ1) is 8.22. The number of halogens is 1. The van der Waals surface area contributed by atoms with Crippen molar-refractivity contribution in [3.63, 3.8) is 0 Å². The fourth-order valence-electron chi connectivity index (χ4n) is 1.68. The molecule has 0 saturated carbocycles. The van der Waals surface area contributed by atoms with Gasteiger partial charge in [0.05, 0.1) is 23.1 Å². The second kappa shape index (κ2) is 5.19. The molecule has 0 saturated heterocycles. The number of benzene rings is 1. The van der Waals surface area contributed by atoms with Crippen molar-refractivity contribution < 1.29 is 0 Å². The Kier molecular flexibility index (Phi) is 3.64. The van der Waals surface area contributed by atoms with Crippen LogP contribution in [0.4, 0.5) is 11.4 Å². The third kappa shape index (κ3) is 2.58. The van der Waals surface area contributed by atoms with Gasteiger partial charge in [-0.1, -0.05) is 22.0 Å². The molecule has 3 N–H and O–H groups in total. The van der Waals surface area contributed by atoms with Crippen LogP contribution in [-0.4, -0.2) is 11.5 Å². The molecule has 0 spiro atoms. The number of aromatic nitrogens is 1. The zero-order valence-corrected chi connectivity index (χ0v) is 11.0. The number of nitrogens with one attached hydrogen (secondary N) is 1. The van der Waals surface area contributed by atoms with Crippen LogP contribution in [0.25, 0.3) is 10.9 Å². The van der Waals surface area contributed by atoms with Gasteiger partial charge in [0, 0.05) is 16.4 Å². The highest BCUT2D eigenvalue weighted by atomic mass is 79.9. The molecule has 88 valence electrons. The van der Waals surface area contributed by atoms with Gasteiger partial charge in [-0.05, 0) is 24.6 Å². The Balaban J connectivity index is 2.46. The van der Waals surface area contributed by atoms with Crippen LogP contribution in [0.15, 0.2) is 41.5 Å². The maximum absolute atomic E-state index is 5.95. The molecule has 1 aromatic heterocycles.